The van der Waals surface area contributed by atoms with Crippen LogP contribution in [0.25, 0.3) is 0 Å². The number of nitrogens with one attached hydrogen (secondary N) is 1. The predicted octanol–water partition coefficient (Wildman–Crippen LogP) is 3.46. The largest absolute Gasteiger partial charge is 0.490 e. The van der Waals surface area contributed by atoms with E-state index in [1.807, 2.05) is 65.6 Å². The Morgan fingerprint density at radius 3 is 2.20 bits per heavy atom. The Kier molecular flexibility index (Phi) is 8.35. The van der Waals surface area contributed by atoms with Crippen molar-refractivity contribution in [2.45, 2.75) is 6.54 Å². The predicted molar refractivity (Wildman–Crippen MR) is 135 cm³/mol. The Balaban J connectivity index is 1.27. The Morgan fingerprint density at radius 2 is 1.46 bits per heavy atom. The highest BCUT2D eigenvalue weighted by Crippen LogP contribution is 2.18. The number of para-hydroxylation sites is 2. The zero-order valence-electron chi connectivity index (χ0n) is 20.0. The van der Waals surface area contributed by atoms with Gasteiger partial charge in [0.15, 0.2) is 0 Å². The number of piperazine rings is 1. The second-order valence-electron chi connectivity index (χ2n) is 8.48. The summed E-state index contributed by atoms with van der Waals surface area (Å²) in [5.74, 6) is 1.12. The number of benzene rings is 3. The lowest BCUT2D eigenvalue weighted by atomic mass is 10.1. The van der Waals surface area contributed by atoms with E-state index >= 15 is 0 Å². The summed E-state index contributed by atoms with van der Waals surface area (Å²) in [6.07, 6.45) is 0. The van der Waals surface area contributed by atoms with Crippen LogP contribution in [0.1, 0.15) is 26.3 Å². The summed E-state index contributed by atoms with van der Waals surface area (Å²) in [7, 11) is 2.07. The number of ether oxygens (including phenoxy) is 2. The van der Waals surface area contributed by atoms with E-state index in [2.05, 4.69) is 17.3 Å². The molecule has 1 saturated heterocycles. The molecule has 7 nitrogen and oxygen atoms in total. The van der Waals surface area contributed by atoms with Gasteiger partial charge in [0.1, 0.15) is 24.7 Å². The van der Waals surface area contributed by atoms with Gasteiger partial charge in [-0.15, -0.1) is 0 Å². The van der Waals surface area contributed by atoms with E-state index in [0.29, 0.717) is 36.6 Å². The first kappa shape index (κ1) is 24.3. The van der Waals surface area contributed by atoms with Crippen LogP contribution in [0.4, 0.5) is 0 Å². The van der Waals surface area contributed by atoms with Crippen molar-refractivity contribution < 1.29 is 19.1 Å². The van der Waals surface area contributed by atoms with Crippen LogP contribution >= 0.6 is 0 Å². The Hall–Kier alpha value is -3.84. The molecule has 0 unspecified atom stereocenters. The van der Waals surface area contributed by atoms with Gasteiger partial charge in [0.2, 0.25) is 0 Å². The number of carbonyl (C=O) groups excluding carboxylic acids is 2. The van der Waals surface area contributed by atoms with Gasteiger partial charge < -0.3 is 24.6 Å². The maximum atomic E-state index is 12.8. The van der Waals surface area contributed by atoms with Crippen molar-refractivity contribution >= 4 is 11.8 Å². The van der Waals surface area contributed by atoms with Crippen LogP contribution in [0.2, 0.25) is 0 Å². The van der Waals surface area contributed by atoms with Crippen LogP contribution < -0.4 is 14.8 Å². The lowest BCUT2D eigenvalue weighted by molar-refractivity contribution is 0.0664. The highest BCUT2D eigenvalue weighted by Gasteiger charge is 2.20. The molecule has 0 spiro atoms. The summed E-state index contributed by atoms with van der Waals surface area (Å²) >= 11 is 0. The molecule has 3 aromatic rings. The zero-order valence-corrected chi connectivity index (χ0v) is 20.0. The topological polar surface area (TPSA) is 71.1 Å². The van der Waals surface area contributed by atoms with Crippen LogP contribution in [-0.2, 0) is 6.54 Å². The van der Waals surface area contributed by atoms with E-state index in [4.69, 9.17) is 9.47 Å². The third-order valence-corrected chi connectivity index (χ3v) is 5.93. The van der Waals surface area contributed by atoms with Crippen molar-refractivity contribution in [3.63, 3.8) is 0 Å². The van der Waals surface area contributed by atoms with E-state index in [0.717, 1.165) is 37.5 Å². The van der Waals surface area contributed by atoms with Gasteiger partial charge in [0.05, 0.1) is 5.56 Å². The smallest absolute Gasteiger partial charge is 0.255 e. The molecule has 2 amide bonds. The fourth-order valence-electron chi connectivity index (χ4n) is 3.84. The van der Waals surface area contributed by atoms with E-state index in [9.17, 15) is 9.59 Å². The number of carbonyl (C=O) groups is 2. The first-order valence-electron chi connectivity index (χ1n) is 11.8. The van der Waals surface area contributed by atoms with E-state index in [-0.39, 0.29) is 11.8 Å². The lowest BCUT2D eigenvalue weighted by Gasteiger charge is -2.32. The van der Waals surface area contributed by atoms with Crippen LogP contribution in [0.3, 0.4) is 0 Å². The van der Waals surface area contributed by atoms with E-state index in [1.54, 1.807) is 18.2 Å². The molecule has 3 aromatic carbocycles. The molecule has 0 aliphatic carbocycles. The summed E-state index contributed by atoms with van der Waals surface area (Å²) in [6.45, 7) is 4.32. The summed E-state index contributed by atoms with van der Waals surface area (Å²) < 4.78 is 11.5. The highest BCUT2D eigenvalue weighted by atomic mass is 16.5. The van der Waals surface area contributed by atoms with Gasteiger partial charge >= 0.3 is 0 Å². The quantitative estimate of drug-likeness (QED) is 0.482. The first-order valence-corrected chi connectivity index (χ1v) is 11.8. The number of likely N-dealkylation sites (N-methyl/N-ethyl adjacent to an activating group) is 1. The zero-order chi connectivity index (χ0) is 24.5. The fraction of sp³-hybridized carbons (Fsp3) is 0.286. The number of hydrogen-bond donors (Lipinski definition) is 1. The molecular weight excluding hydrogens is 442 g/mol. The average Bonchev–Trinajstić information content (AvgIpc) is 2.91. The van der Waals surface area contributed by atoms with Crippen LogP contribution in [0.15, 0.2) is 78.9 Å². The molecular formula is C28H31N3O4. The molecule has 0 atom stereocenters. The third-order valence-electron chi connectivity index (χ3n) is 5.93. The van der Waals surface area contributed by atoms with Gasteiger partial charge in [-0.05, 0) is 49.0 Å². The van der Waals surface area contributed by atoms with Crippen LogP contribution in [0, 0.1) is 0 Å². The molecule has 35 heavy (non-hydrogen) atoms. The molecule has 0 aromatic heterocycles. The highest BCUT2D eigenvalue weighted by molar-refractivity contribution is 5.97. The Morgan fingerprint density at radius 1 is 0.800 bits per heavy atom. The lowest BCUT2D eigenvalue weighted by Crippen LogP contribution is -2.47. The molecule has 4 rings (SSSR count). The number of nitrogens with zero attached hydrogens (tertiary/aromatic N) is 2. The normalized spacial score (nSPS) is 13.8. The minimum Gasteiger partial charge on any atom is -0.490 e. The van der Waals surface area contributed by atoms with E-state index < -0.39 is 0 Å². The number of amides is 2. The van der Waals surface area contributed by atoms with Crippen molar-refractivity contribution in [1.29, 1.82) is 0 Å². The van der Waals surface area contributed by atoms with Crippen molar-refractivity contribution in [2.24, 2.45) is 0 Å². The molecule has 0 radical (unpaired) electrons. The molecule has 1 N–H and O–H groups in total. The van der Waals surface area contributed by atoms with Crippen LogP contribution in [0.5, 0.6) is 11.5 Å². The SMILES string of the molecule is CN1CCN(C(=O)c2ccc(CNC(=O)c3ccccc3OCCOc3ccccc3)cc2)CC1. The average molecular weight is 474 g/mol. The molecule has 1 fully saturated rings. The van der Waals surface area contributed by atoms with Gasteiger partial charge in [0.25, 0.3) is 11.8 Å². The van der Waals surface area contributed by atoms with Crippen molar-refractivity contribution in [3.05, 3.63) is 95.6 Å². The fourth-order valence-corrected chi connectivity index (χ4v) is 3.84. The molecule has 0 bridgehead atoms. The van der Waals surface area contributed by atoms with Gasteiger partial charge in [-0.3, -0.25) is 9.59 Å². The second kappa shape index (κ2) is 12.0. The molecule has 7 heteroatoms. The Bertz CT molecular complexity index is 1110. The van der Waals surface area contributed by atoms with Gasteiger partial charge in [0, 0.05) is 38.3 Å². The van der Waals surface area contributed by atoms with Crippen molar-refractivity contribution in [2.75, 3.05) is 46.4 Å². The minimum atomic E-state index is -0.220. The first-order chi connectivity index (χ1) is 17.1. The molecule has 1 heterocycles. The summed E-state index contributed by atoms with van der Waals surface area (Å²) in [4.78, 5) is 29.6. The van der Waals surface area contributed by atoms with Gasteiger partial charge in [-0.2, -0.15) is 0 Å². The number of rotatable bonds is 9. The van der Waals surface area contributed by atoms with Crippen LogP contribution in [-0.4, -0.2) is 68.1 Å². The summed E-state index contributed by atoms with van der Waals surface area (Å²) in [5, 5.41) is 2.94. The Labute approximate surface area is 206 Å². The number of hydrogen-bond acceptors (Lipinski definition) is 5. The summed E-state index contributed by atoms with van der Waals surface area (Å²) in [5.41, 5.74) is 2.05. The standard InChI is InChI=1S/C28H31N3O4/c1-30-15-17-31(18-16-30)28(33)23-13-11-22(12-14-23)21-29-27(32)25-9-5-6-10-26(25)35-20-19-34-24-7-3-2-4-8-24/h2-14H,15-21H2,1H3,(H,29,32). The molecule has 1 aliphatic heterocycles. The molecule has 0 saturated carbocycles. The summed E-state index contributed by atoms with van der Waals surface area (Å²) in [6, 6.07) is 24.1. The van der Waals surface area contributed by atoms with Gasteiger partial charge in [-0.25, -0.2) is 0 Å². The van der Waals surface area contributed by atoms with Crippen molar-refractivity contribution in [1.82, 2.24) is 15.1 Å². The second-order valence-corrected chi connectivity index (χ2v) is 8.48. The molecule has 1 aliphatic rings. The maximum absolute atomic E-state index is 12.8. The van der Waals surface area contributed by atoms with E-state index in [1.165, 1.54) is 0 Å². The maximum Gasteiger partial charge on any atom is 0.255 e. The minimum absolute atomic E-state index is 0.0519. The van der Waals surface area contributed by atoms with Crippen molar-refractivity contribution in [3.8, 4) is 11.5 Å². The molecule has 182 valence electrons. The monoisotopic (exact) mass is 473 g/mol. The third kappa shape index (κ3) is 6.83. The van der Waals surface area contributed by atoms with Gasteiger partial charge in [-0.1, -0.05) is 42.5 Å².